The standard InChI is InChI=1S/C21H28N4O2/c1-27-14-17-12-25(19(26)11-15-7-5-6-8-15)13-18(17)21-22-20(23-24-21)16-9-3-2-4-10-16/h2-4,9-10,15,17-18H,5-8,11-14H2,1H3,(H,22,23,24)/t17-,18+/m0/s1. The number of methoxy groups -OCH3 is 1. The monoisotopic (exact) mass is 368 g/mol. The van der Waals surface area contributed by atoms with Gasteiger partial charge in [0.15, 0.2) is 5.82 Å². The third kappa shape index (κ3) is 4.05. The summed E-state index contributed by atoms with van der Waals surface area (Å²) in [5.41, 5.74) is 0.996. The molecule has 1 amide bonds. The third-order valence-electron chi connectivity index (χ3n) is 6.00. The summed E-state index contributed by atoms with van der Waals surface area (Å²) in [6.07, 6.45) is 5.64. The number of carbonyl (C=O) groups excluding carboxylic acids is 1. The molecular formula is C21H28N4O2. The van der Waals surface area contributed by atoms with Gasteiger partial charge in [0.1, 0.15) is 5.82 Å². The molecule has 2 fully saturated rings. The lowest BCUT2D eigenvalue weighted by Gasteiger charge is -2.18. The van der Waals surface area contributed by atoms with E-state index in [9.17, 15) is 4.79 Å². The minimum Gasteiger partial charge on any atom is -0.384 e. The quantitative estimate of drug-likeness (QED) is 0.850. The van der Waals surface area contributed by atoms with Gasteiger partial charge in [-0.25, -0.2) is 4.98 Å². The van der Waals surface area contributed by atoms with Crippen molar-refractivity contribution in [1.82, 2.24) is 20.1 Å². The van der Waals surface area contributed by atoms with Gasteiger partial charge in [-0.1, -0.05) is 43.2 Å². The summed E-state index contributed by atoms with van der Waals surface area (Å²) in [5, 5.41) is 7.51. The van der Waals surface area contributed by atoms with E-state index in [4.69, 9.17) is 9.72 Å². The van der Waals surface area contributed by atoms with Crippen molar-refractivity contribution in [2.45, 2.75) is 38.0 Å². The Morgan fingerprint density at radius 3 is 2.74 bits per heavy atom. The molecule has 2 heterocycles. The van der Waals surface area contributed by atoms with Crippen LogP contribution >= 0.6 is 0 Å². The number of H-pyrrole nitrogens is 1. The Kier molecular flexibility index (Phi) is 5.53. The summed E-state index contributed by atoms with van der Waals surface area (Å²) in [5.74, 6) is 2.81. The van der Waals surface area contributed by atoms with Crippen molar-refractivity contribution in [3.05, 3.63) is 36.2 Å². The number of carbonyl (C=O) groups is 1. The molecule has 144 valence electrons. The van der Waals surface area contributed by atoms with Gasteiger partial charge in [0.25, 0.3) is 0 Å². The first-order valence-corrected chi connectivity index (χ1v) is 9.99. The van der Waals surface area contributed by atoms with Gasteiger partial charge in [-0.05, 0) is 18.8 Å². The van der Waals surface area contributed by atoms with Crippen LogP contribution in [0, 0.1) is 11.8 Å². The van der Waals surface area contributed by atoms with Gasteiger partial charge < -0.3 is 9.64 Å². The Bertz CT molecular complexity index is 755. The van der Waals surface area contributed by atoms with Crippen LogP contribution in [-0.4, -0.2) is 52.8 Å². The molecule has 0 spiro atoms. The molecule has 1 aliphatic heterocycles. The Balaban J connectivity index is 1.47. The van der Waals surface area contributed by atoms with Crippen molar-refractivity contribution in [1.29, 1.82) is 0 Å². The number of nitrogens with one attached hydrogen (secondary N) is 1. The fourth-order valence-electron chi connectivity index (χ4n) is 4.51. The maximum Gasteiger partial charge on any atom is 0.222 e. The predicted molar refractivity (Wildman–Crippen MR) is 103 cm³/mol. The number of hydrogen-bond donors (Lipinski definition) is 1. The fourth-order valence-corrected chi connectivity index (χ4v) is 4.51. The van der Waals surface area contributed by atoms with E-state index < -0.39 is 0 Å². The van der Waals surface area contributed by atoms with Gasteiger partial charge in [-0.2, -0.15) is 5.10 Å². The first kappa shape index (κ1) is 18.2. The van der Waals surface area contributed by atoms with Crippen molar-refractivity contribution >= 4 is 5.91 Å². The second-order valence-electron chi connectivity index (χ2n) is 7.89. The third-order valence-corrected chi connectivity index (χ3v) is 6.00. The van der Waals surface area contributed by atoms with E-state index in [2.05, 4.69) is 10.2 Å². The molecule has 2 atom stereocenters. The smallest absolute Gasteiger partial charge is 0.222 e. The number of aromatic nitrogens is 3. The van der Waals surface area contributed by atoms with Crippen LogP contribution in [0.25, 0.3) is 11.4 Å². The lowest BCUT2D eigenvalue weighted by atomic mass is 9.96. The summed E-state index contributed by atoms with van der Waals surface area (Å²) in [6, 6.07) is 9.96. The number of hydrogen-bond acceptors (Lipinski definition) is 4. The average Bonchev–Trinajstić information content (AvgIpc) is 3.43. The Morgan fingerprint density at radius 2 is 2.00 bits per heavy atom. The Morgan fingerprint density at radius 1 is 1.22 bits per heavy atom. The van der Waals surface area contributed by atoms with Crippen LogP contribution in [0.1, 0.15) is 43.8 Å². The summed E-state index contributed by atoms with van der Waals surface area (Å²) in [7, 11) is 1.72. The molecule has 4 rings (SSSR count). The fraction of sp³-hybridized carbons (Fsp3) is 0.571. The van der Waals surface area contributed by atoms with E-state index in [1.54, 1.807) is 7.11 Å². The van der Waals surface area contributed by atoms with Gasteiger partial charge in [0.05, 0.1) is 6.61 Å². The molecule has 27 heavy (non-hydrogen) atoms. The van der Waals surface area contributed by atoms with Crippen molar-refractivity contribution in [2.24, 2.45) is 11.8 Å². The maximum atomic E-state index is 12.8. The van der Waals surface area contributed by atoms with E-state index in [1.165, 1.54) is 25.7 Å². The Hall–Kier alpha value is -2.21. The highest BCUT2D eigenvalue weighted by atomic mass is 16.5. The molecule has 6 nitrogen and oxygen atoms in total. The number of ether oxygens (including phenoxy) is 1. The second kappa shape index (κ2) is 8.21. The van der Waals surface area contributed by atoms with E-state index in [1.807, 2.05) is 35.2 Å². The topological polar surface area (TPSA) is 71.1 Å². The van der Waals surface area contributed by atoms with Crippen molar-refractivity contribution in [3.8, 4) is 11.4 Å². The lowest BCUT2D eigenvalue weighted by molar-refractivity contribution is -0.131. The zero-order chi connectivity index (χ0) is 18.6. The van der Waals surface area contributed by atoms with Crippen LogP contribution in [0.5, 0.6) is 0 Å². The molecular weight excluding hydrogens is 340 g/mol. The highest BCUT2D eigenvalue weighted by molar-refractivity contribution is 5.77. The van der Waals surface area contributed by atoms with Crippen molar-refractivity contribution in [3.63, 3.8) is 0 Å². The summed E-state index contributed by atoms with van der Waals surface area (Å²) >= 11 is 0. The van der Waals surface area contributed by atoms with E-state index in [0.717, 1.165) is 17.9 Å². The number of likely N-dealkylation sites (tertiary alicyclic amines) is 1. The summed E-state index contributed by atoms with van der Waals surface area (Å²) in [4.78, 5) is 19.5. The molecule has 0 radical (unpaired) electrons. The van der Waals surface area contributed by atoms with Crippen LogP contribution < -0.4 is 0 Å². The maximum absolute atomic E-state index is 12.8. The lowest BCUT2D eigenvalue weighted by Crippen LogP contribution is -2.30. The van der Waals surface area contributed by atoms with Gasteiger partial charge in [0.2, 0.25) is 5.91 Å². The molecule has 0 bridgehead atoms. The zero-order valence-corrected chi connectivity index (χ0v) is 15.9. The number of benzene rings is 1. The largest absolute Gasteiger partial charge is 0.384 e. The first-order valence-electron chi connectivity index (χ1n) is 9.99. The molecule has 2 aliphatic rings. The number of rotatable bonds is 6. The second-order valence-corrected chi connectivity index (χ2v) is 7.89. The van der Waals surface area contributed by atoms with Crippen LogP contribution in [0.4, 0.5) is 0 Å². The number of nitrogens with zero attached hydrogens (tertiary/aromatic N) is 3. The van der Waals surface area contributed by atoms with Gasteiger partial charge in [-0.3, -0.25) is 9.89 Å². The van der Waals surface area contributed by atoms with Crippen LogP contribution in [0.15, 0.2) is 30.3 Å². The van der Waals surface area contributed by atoms with Crippen LogP contribution in [0.3, 0.4) is 0 Å². The molecule has 2 aromatic rings. The SMILES string of the molecule is COC[C@@H]1CN(C(=O)CC2CCCC2)C[C@H]1c1nc(-c2ccccc2)n[nH]1. The van der Waals surface area contributed by atoms with E-state index >= 15 is 0 Å². The molecule has 1 N–H and O–H groups in total. The van der Waals surface area contributed by atoms with Gasteiger partial charge in [0, 0.05) is 44.0 Å². The molecule has 1 aromatic heterocycles. The van der Waals surface area contributed by atoms with Gasteiger partial charge in [-0.15, -0.1) is 0 Å². The summed E-state index contributed by atoms with van der Waals surface area (Å²) in [6.45, 7) is 2.06. The molecule has 1 saturated carbocycles. The molecule has 0 unspecified atom stereocenters. The van der Waals surface area contributed by atoms with Crippen LogP contribution in [-0.2, 0) is 9.53 Å². The summed E-state index contributed by atoms with van der Waals surface area (Å²) < 4.78 is 5.43. The molecule has 1 saturated heterocycles. The van der Waals surface area contributed by atoms with Crippen molar-refractivity contribution < 1.29 is 9.53 Å². The molecule has 1 aromatic carbocycles. The van der Waals surface area contributed by atoms with Crippen molar-refractivity contribution in [2.75, 3.05) is 26.8 Å². The predicted octanol–water partition coefficient (Wildman–Crippen LogP) is 3.24. The molecule has 6 heteroatoms. The zero-order valence-electron chi connectivity index (χ0n) is 15.9. The Labute approximate surface area is 160 Å². The normalized spacial score (nSPS) is 23.2. The minimum absolute atomic E-state index is 0.141. The van der Waals surface area contributed by atoms with E-state index in [0.29, 0.717) is 31.3 Å². The molecule has 1 aliphatic carbocycles. The first-order chi connectivity index (χ1) is 13.2. The highest BCUT2D eigenvalue weighted by Crippen LogP contribution is 2.34. The highest BCUT2D eigenvalue weighted by Gasteiger charge is 2.38. The average molecular weight is 368 g/mol. The number of aromatic amines is 1. The minimum atomic E-state index is 0.141. The van der Waals surface area contributed by atoms with E-state index in [-0.39, 0.29) is 17.7 Å². The van der Waals surface area contributed by atoms with Gasteiger partial charge >= 0.3 is 0 Å². The van der Waals surface area contributed by atoms with Crippen LogP contribution in [0.2, 0.25) is 0 Å². The number of amides is 1.